The highest BCUT2D eigenvalue weighted by atomic mass is 32.2. The Bertz CT molecular complexity index is 920. The molecule has 1 aliphatic rings. The first-order valence-corrected chi connectivity index (χ1v) is 11.7. The van der Waals surface area contributed by atoms with E-state index >= 15 is 0 Å². The topological polar surface area (TPSA) is 77.8 Å². The molecule has 1 heterocycles. The first-order chi connectivity index (χ1) is 14.3. The second-order valence-electron chi connectivity index (χ2n) is 7.43. The molecule has 3 aromatic carbocycles. The smallest absolute Gasteiger partial charge is 0.261 e. The van der Waals surface area contributed by atoms with Crippen LogP contribution in [0.4, 0.5) is 0 Å². The number of benzene rings is 3. The molecule has 5 nitrogen and oxygen atoms in total. The molecular weight excluding hydrogens is 398 g/mol. The predicted molar refractivity (Wildman–Crippen MR) is 119 cm³/mol. The van der Waals surface area contributed by atoms with Gasteiger partial charge in [0, 0.05) is 13.1 Å². The van der Waals surface area contributed by atoms with Gasteiger partial charge in [0.1, 0.15) is 0 Å². The number of hydrogen-bond acceptors (Lipinski definition) is 4. The van der Waals surface area contributed by atoms with Crippen molar-refractivity contribution in [3.63, 3.8) is 0 Å². The number of nitrogens with zero attached hydrogens (tertiary/aromatic N) is 1. The third-order valence-electron chi connectivity index (χ3n) is 5.21. The number of likely N-dealkylation sites (tertiary alicyclic amines) is 1. The van der Waals surface area contributed by atoms with Gasteiger partial charge >= 0.3 is 0 Å². The summed E-state index contributed by atoms with van der Waals surface area (Å²) in [6.07, 6.45) is 1.26. The summed E-state index contributed by atoms with van der Waals surface area (Å²) >= 11 is 0. The first kappa shape index (κ1) is 22.2. The number of aliphatic hydroxyl groups excluding tert-OH is 1. The SMILES string of the molecule is CS(=O)(=O)O.OC1CCN(C(c2ccccc2)(c2ccccc2)c2ccccc2)C1. The molecule has 6 heteroatoms. The Kier molecular flexibility index (Phi) is 7.05. The van der Waals surface area contributed by atoms with Crippen LogP contribution < -0.4 is 0 Å². The van der Waals surface area contributed by atoms with Gasteiger partial charge in [-0.05, 0) is 23.1 Å². The zero-order valence-electron chi connectivity index (χ0n) is 16.9. The fourth-order valence-corrected chi connectivity index (χ4v) is 4.13. The van der Waals surface area contributed by atoms with E-state index in [9.17, 15) is 13.5 Å². The van der Waals surface area contributed by atoms with Gasteiger partial charge in [0.2, 0.25) is 0 Å². The lowest BCUT2D eigenvalue weighted by atomic mass is 9.75. The molecule has 3 aromatic rings. The van der Waals surface area contributed by atoms with Crippen molar-refractivity contribution in [2.45, 2.75) is 18.1 Å². The molecule has 158 valence electrons. The van der Waals surface area contributed by atoms with Crippen LogP contribution in [0.2, 0.25) is 0 Å². The summed E-state index contributed by atoms with van der Waals surface area (Å²) in [4.78, 5) is 2.43. The molecule has 2 N–H and O–H groups in total. The van der Waals surface area contributed by atoms with Gasteiger partial charge in [-0.25, -0.2) is 0 Å². The van der Waals surface area contributed by atoms with E-state index in [4.69, 9.17) is 4.55 Å². The predicted octanol–water partition coefficient (Wildman–Crippen LogP) is 3.55. The molecule has 1 atom stereocenters. The summed E-state index contributed by atoms with van der Waals surface area (Å²) in [6, 6.07) is 32.0. The zero-order chi connectivity index (χ0) is 21.6. The summed E-state index contributed by atoms with van der Waals surface area (Å²) < 4.78 is 25.9. The molecule has 1 fully saturated rings. The van der Waals surface area contributed by atoms with Gasteiger partial charge in [-0.3, -0.25) is 9.45 Å². The van der Waals surface area contributed by atoms with Crippen molar-refractivity contribution in [2.75, 3.05) is 19.3 Å². The normalized spacial score (nSPS) is 17.2. The number of aliphatic hydroxyl groups is 1. The molecule has 0 spiro atoms. The van der Waals surface area contributed by atoms with Crippen LogP contribution in [0.1, 0.15) is 23.1 Å². The highest BCUT2D eigenvalue weighted by Gasteiger charge is 2.44. The summed E-state index contributed by atoms with van der Waals surface area (Å²) in [5, 5.41) is 10.3. The molecule has 30 heavy (non-hydrogen) atoms. The first-order valence-electron chi connectivity index (χ1n) is 9.84. The summed E-state index contributed by atoms with van der Waals surface area (Å²) in [5.41, 5.74) is 3.32. The quantitative estimate of drug-likeness (QED) is 0.494. The van der Waals surface area contributed by atoms with Gasteiger partial charge in [0.05, 0.1) is 17.9 Å². The molecule has 1 unspecified atom stereocenters. The molecular formula is C24H27NO4S. The lowest BCUT2D eigenvalue weighted by Crippen LogP contribution is -2.47. The van der Waals surface area contributed by atoms with E-state index in [1.165, 1.54) is 16.7 Å². The molecule has 0 saturated carbocycles. The minimum Gasteiger partial charge on any atom is -0.392 e. The Hall–Kier alpha value is -2.51. The van der Waals surface area contributed by atoms with E-state index in [2.05, 4.69) is 95.9 Å². The van der Waals surface area contributed by atoms with Gasteiger partial charge in [0.15, 0.2) is 0 Å². The minimum absolute atomic E-state index is 0.268. The van der Waals surface area contributed by atoms with E-state index in [0.717, 1.165) is 13.0 Å². The molecule has 0 aliphatic carbocycles. The van der Waals surface area contributed by atoms with Crippen molar-refractivity contribution in [3.8, 4) is 0 Å². The van der Waals surface area contributed by atoms with Crippen molar-refractivity contribution in [1.29, 1.82) is 0 Å². The minimum atomic E-state index is -3.67. The van der Waals surface area contributed by atoms with Crippen molar-refractivity contribution in [2.24, 2.45) is 0 Å². The molecule has 0 aromatic heterocycles. The number of rotatable bonds is 4. The average molecular weight is 426 g/mol. The van der Waals surface area contributed by atoms with Gasteiger partial charge in [-0.1, -0.05) is 91.0 Å². The number of β-amino-alcohol motifs (C(OH)–C–C–N with tert-alkyl or cyclic N) is 1. The summed E-state index contributed by atoms with van der Waals surface area (Å²) in [5.74, 6) is 0. The second-order valence-corrected chi connectivity index (χ2v) is 8.90. The van der Waals surface area contributed by atoms with Crippen LogP contribution >= 0.6 is 0 Å². The molecule has 4 rings (SSSR count). The Morgan fingerprint density at radius 1 is 0.800 bits per heavy atom. The van der Waals surface area contributed by atoms with E-state index in [1.54, 1.807) is 0 Å². The van der Waals surface area contributed by atoms with E-state index < -0.39 is 10.1 Å². The molecule has 1 aliphatic heterocycles. The van der Waals surface area contributed by atoms with Gasteiger partial charge in [-0.15, -0.1) is 0 Å². The monoisotopic (exact) mass is 425 g/mol. The second kappa shape index (κ2) is 9.53. The van der Waals surface area contributed by atoms with Gasteiger partial charge < -0.3 is 5.11 Å². The highest BCUT2D eigenvalue weighted by molar-refractivity contribution is 7.85. The van der Waals surface area contributed by atoms with Crippen LogP contribution in [-0.4, -0.2) is 48.4 Å². The Morgan fingerprint density at radius 3 is 1.40 bits per heavy atom. The van der Waals surface area contributed by atoms with Gasteiger partial charge in [-0.2, -0.15) is 8.42 Å². The van der Waals surface area contributed by atoms with Crippen molar-refractivity contribution < 1.29 is 18.1 Å². The zero-order valence-corrected chi connectivity index (χ0v) is 17.7. The fraction of sp³-hybridized carbons (Fsp3) is 0.250. The third kappa shape index (κ3) is 5.15. The Morgan fingerprint density at radius 2 is 1.13 bits per heavy atom. The lowest BCUT2D eigenvalue weighted by molar-refractivity contribution is 0.141. The molecule has 1 saturated heterocycles. The molecule has 0 bridgehead atoms. The maximum absolute atomic E-state index is 10.3. The molecule has 0 radical (unpaired) electrons. The van der Waals surface area contributed by atoms with Crippen LogP contribution in [0.3, 0.4) is 0 Å². The van der Waals surface area contributed by atoms with Crippen LogP contribution in [-0.2, 0) is 15.7 Å². The maximum Gasteiger partial charge on any atom is 0.261 e. The van der Waals surface area contributed by atoms with E-state index in [0.29, 0.717) is 12.8 Å². The van der Waals surface area contributed by atoms with Crippen LogP contribution in [0.25, 0.3) is 0 Å². The van der Waals surface area contributed by atoms with Gasteiger partial charge in [0.25, 0.3) is 10.1 Å². The highest BCUT2D eigenvalue weighted by Crippen LogP contribution is 2.43. The average Bonchev–Trinajstić information content (AvgIpc) is 3.16. The van der Waals surface area contributed by atoms with E-state index in [-0.39, 0.29) is 11.6 Å². The maximum atomic E-state index is 10.3. The Balaban J connectivity index is 0.000000461. The summed E-state index contributed by atoms with van der Waals surface area (Å²) in [7, 11) is -3.67. The lowest BCUT2D eigenvalue weighted by Gasteiger charge is -2.43. The number of hydrogen-bond donors (Lipinski definition) is 2. The van der Waals surface area contributed by atoms with Crippen LogP contribution in [0.5, 0.6) is 0 Å². The van der Waals surface area contributed by atoms with Crippen LogP contribution in [0, 0.1) is 0 Å². The summed E-state index contributed by atoms with van der Waals surface area (Å²) in [6.45, 7) is 1.55. The van der Waals surface area contributed by atoms with Crippen molar-refractivity contribution >= 4 is 10.1 Å². The standard InChI is InChI=1S/C23H23NO.CH4O3S/c25-22-16-17-24(18-22)23(19-10-4-1-5-11-19,20-12-6-2-7-13-20)21-14-8-3-9-15-21;1-5(2,3)4/h1-15,22,25H,16-18H2;1H3,(H,2,3,4). The van der Waals surface area contributed by atoms with E-state index in [1.807, 2.05) is 0 Å². The largest absolute Gasteiger partial charge is 0.392 e. The molecule has 0 amide bonds. The Labute approximate surface area is 178 Å². The van der Waals surface area contributed by atoms with Crippen LogP contribution in [0.15, 0.2) is 91.0 Å². The van der Waals surface area contributed by atoms with Crippen molar-refractivity contribution in [1.82, 2.24) is 4.90 Å². The fourth-order valence-electron chi connectivity index (χ4n) is 4.13. The third-order valence-corrected chi connectivity index (χ3v) is 5.21. The van der Waals surface area contributed by atoms with Crippen molar-refractivity contribution in [3.05, 3.63) is 108 Å².